The predicted octanol–water partition coefficient (Wildman–Crippen LogP) is 1.92. The highest BCUT2D eigenvalue weighted by atomic mass is 16.2. The third-order valence-corrected chi connectivity index (χ3v) is 4.03. The van der Waals surface area contributed by atoms with Crippen LogP contribution in [0.1, 0.15) is 46.5 Å². The molecular formula is C15H25N3O. The van der Waals surface area contributed by atoms with Gasteiger partial charge in [0.1, 0.15) is 5.54 Å². The Kier molecular flexibility index (Phi) is 4.15. The molecule has 106 valence electrons. The maximum atomic E-state index is 12.2. The standard InChI is InChI=1S/C15H25N3O/c1-11(2)8-18(13-6-7-13)9-14(19)17-15(3,10-16)12-4-5-12/h11-13H,4-9H2,1-3H3,(H,17,19)/t15-/m1/s1. The Morgan fingerprint density at radius 2 is 2.05 bits per heavy atom. The van der Waals surface area contributed by atoms with Gasteiger partial charge in [-0.3, -0.25) is 9.69 Å². The van der Waals surface area contributed by atoms with Crippen molar-refractivity contribution in [3.05, 3.63) is 0 Å². The van der Waals surface area contributed by atoms with E-state index in [-0.39, 0.29) is 5.91 Å². The van der Waals surface area contributed by atoms with Gasteiger partial charge in [0, 0.05) is 12.6 Å². The Hall–Kier alpha value is -1.08. The van der Waals surface area contributed by atoms with E-state index in [9.17, 15) is 10.1 Å². The van der Waals surface area contributed by atoms with Gasteiger partial charge in [-0.2, -0.15) is 5.26 Å². The number of hydrogen-bond donors (Lipinski definition) is 1. The molecule has 0 spiro atoms. The number of rotatable bonds is 7. The fourth-order valence-corrected chi connectivity index (χ4v) is 2.65. The molecule has 0 heterocycles. The lowest BCUT2D eigenvalue weighted by molar-refractivity contribution is -0.123. The number of nitriles is 1. The fraction of sp³-hybridized carbons (Fsp3) is 0.867. The lowest BCUT2D eigenvalue weighted by Gasteiger charge is -2.27. The number of nitrogens with one attached hydrogen (secondary N) is 1. The van der Waals surface area contributed by atoms with Crippen LogP contribution >= 0.6 is 0 Å². The summed E-state index contributed by atoms with van der Waals surface area (Å²) < 4.78 is 0. The van der Waals surface area contributed by atoms with Gasteiger partial charge >= 0.3 is 0 Å². The summed E-state index contributed by atoms with van der Waals surface area (Å²) in [4.78, 5) is 14.4. The first-order valence-corrected chi connectivity index (χ1v) is 7.41. The van der Waals surface area contributed by atoms with Crippen LogP contribution in [-0.4, -0.2) is 35.5 Å². The summed E-state index contributed by atoms with van der Waals surface area (Å²) in [5.74, 6) is 0.920. The molecule has 1 N–H and O–H groups in total. The summed E-state index contributed by atoms with van der Waals surface area (Å²) in [6.07, 6.45) is 4.53. The van der Waals surface area contributed by atoms with Gasteiger partial charge in [-0.1, -0.05) is 13.8 Å². The lowest BCUT2D eigenvalue weighted by Crippen LogP contribution is -2.50. The van der Waals surface area contributed by atoms with Gasteiger partial charge in [0.05, 0.1) is 12.6 Å². The molecule has 0 aromatic carbocycles. The smallest absolute Gasteiger partial charge is 0.235 e. The van der Waals surface area contributed by atoms with E-state index in [4.69, 9.17) is 0 Å². The van der Waals surface area contributed by atoms with E-state index in [0.29, 0.717) is 24.4 Å². The zero-order valence-corrected chi connectivity index (χ0v) is 12.3. The molecule has 1 amide bonds. The minimum Gasteiger partial charge on any atom is -0.337 e. The number of carbonyl (C=O) groups is 1. The van der Waals surface area contributed by atoms with Crippen LogP contribution in [0.25, 0.3) is 0 Å². The Labute approximate surface area is 116 Å². The molecule has 0 radical (unpaired) electrons. The van der Waals surface area contributed by atoms with E-state index in [1.165, 1.54) is 12.8 Å². The van der Waals surface area contributed by atoms with E-state index in [0.717, 1.165) is 19.4 Å². The molecule has 0 bridgehead atoms. The van der Waals surface area contributed by atoms with E-state index in [2.05, 4.69) is 30.1 Å². The van der Waals surface area contributed by atoms with Crippen LogP contribution < -0.4 is 5.32 Å². The van der Waals surface area contributed by atoms with Crippen LogP contribution in [0.2, 0.25) is 0 Å². The Morgan fingerprint density at radius 3 is 2.47 bits per heavy atom. The van der Waals surface area contributed by atoms with E-state index in [1.807, 2.05) is 6.92 Å². The van der Waals surface area contributed by atoms with Crippen molar-refractivity contribution in [2.75, 3.05) is 13.1 Å². The van der Waals surface area contributed by atoms with Crippen molar-refractivity contribution in [2.24, 2.45) is 11.8 Å². The number of hydrogen-bond acceptors (Lipinski definition) is 3. The molecule has 0 saturated heterocycles. The second-order valence-electron chi connectivity index (χ2n) is 6.69. The van der Waals surface area contributed by atoms with Gasteiger partial charge < -0.3 is 5.32 Å². The summed E-state index contributed by atoms with van der Waals surface area (Å²) in [5.41, 5.74) is -0.663. The van der Waals surface area contributed by atoms with Gasteiger partial charge in [0.25, 0.3) is 0 Å². The van der Waals surface area contributed by atoms with Crippen LogP contribution in [-0.2, 0) is 4.79 Å². The normalized spacial score (nSPS) is 22.1. The summed E-state index contributed by atoms with van der Waals surface area (Å²) in [7, 11) is 0. The second kappa shape index (κ2) is 5.50. The molecule has 2 fully saturated rings. The summed E-state index contributed by atoms with van der Waals surface area (Å²) in [6.45, 7) is 7.61. The molecule has 19 heavy (non-hydrogen) atoms. The summed E-state index contributed by atoms with van der Waals surface area (Å²) >= 11 is 0. The highest BCUT2D eigenvalue weighted by molar-refractivity contribution is 5.79. The van der Waals surface area contributed by atoms with E-state index < -0.39 is 5.54 Å². The maximum absolute atomic E-state index is 12.2. The van der Waals surface area contributed by atoms with Gasteiger partial charge in [-0.15, -0.1) is 0 Å². The van der Waals surface area contributed by atoms with Crippen LogP contribution in [0, 0.1) is 23.2 Å². The molecule has 0 aliphatic heterocycles. The van der Waals surface area contributed by atoms with Crippen molar-refractivity contribution in [1.82, 2.24) is 10.2 Å². The molecule has 2 rings (SSSR count). The SMILES string of the molecule is CC(C)CN(CC(=O)N[C@](C)(C#N)C1CC1)C1CC1. The molecule has 2 aliphatic rings. The van der Waals surface area contributed by atoms with Gasteiger partial charge in [0.2, 0.25) is 5.91 Å². The maximum Gasteiger partial charge on any atom is 0.235 e. The third-order valence-electron chi connectivity index (χ3n) is 4.03. The Balaban J connectivity index is 1.86. The molecule has 0 unspecified atom stereocenters. The van der Waals surface area contributed by atoms with Crippen molar-refractivity contribution in [3.8, 4) is 6.07 Å². The minimum atomic E-state index is -0.663. The Morgan fingerprint density at radius 1 is 1.42 bits per heavy atom. The van der Waals surface area contributed by atoms with Gasteiger partial charge in [-0.25, -0.2) is 0 Å². The minimum absolute atomic E-state index is 0.00324. The molecule has 4 nitrogen and oxygen atoms in total. The number of nitrogens with zero attached hydrogens (tertiary/aromatic N) is 2. The highest BCUT2D eigenvalue weighted by Gasteiger charge is 2.43. The van der Waals surface area contributed by atoms with Crippen molar-refractivity contribution in [3.63, 3.8) is 0 Å². The van der Waals surface area contributed by atoms with Gasteiger partial charge in [0.15, 0.2) is 0 Å². The van der Waals surface area contributed by atoms with Crippen LogP contribution in [0.15, 0.2) is 0 Å². The largest absolute Gasteiger partial charge is 0.337 e. The van der Waals surface area contributed by atoms with E-state index >= 15 is 0 Å². The van der Waals surface area contributed by atoms with Crippen LogP contribution in [0.3, 0.4) is 0 Å². The molecule has 1 atom stereocenters. The van der Waals surface area contributed by atoms with Crippen molar-refractivity contribution in [2.45, 2.75) is 58.0 Å². The van der Waals surface area contributed by atoms with Gasteiger partial charge in [-0.05, 0) is 44.4 Å². The average molecular weight is 263 g/mol. The highest BCUT2D eigenvalue weighted by Crippen LogP contribution is 2.39. The third kappa shape index (κ3) is 3.94. The van der Waals surface area contributed by atoms with Crippen LogP contribution in [0.5, 0.6) is 0 Å². The summed E-state index contributed by atoms with van der Waals surface area (Å²) in [5, 5.41) is 12.2. The second-order valence-corrected chi connectivity index (χ2v) is 6.69. The monoisotopic (exact) mass is 263 g/mol. The van der Waals surface area contributed by atoms with Crippen molar-refractivity contribution >= 4 is 5.91 Å². The molecular weight excluding hydrogens is 238 g/mol. The van der Waals surface area contributed by atoms with Crippen LogP contribution in [0.4, 0.5) is 0 Å². The average Bonchev–Trinajstić information content (AvgIpc) is 3.18. The first kappa shape index (κ1) is 14.3. The topological polar surface area (TPSA) is 56.1 Å². The predicted molar refractivity (Wildman–Crippen MR) is 74.3 cm³/mol. The molecule has 4 heteroatoms. The fourth-order valence-electron chi connectivity index (χ4n) is 2.65. The quantitative estimate of drug-likeness (QED) is 0.763. The van der Waals surface area contributed by atoms with Crippen molar-refractivity contribution < 1.29 is 4.79 Å². The number of amides is 1. The summed E-state index contributed by atoms with van der Waals surface area (Å²) in [6, 6.07) is 2.87. The molecule has 2 saturated carbocycles. The molecule has 2 aliphatic carbocycles. The van der Waals surface area contributed by atoms with E-state index in [1.54, 1.807) is 0 Å². The lowest BCUT2D eigenvalue weighted by atomic mass is 9.98. The van der Waals surface area contributed by atoms with Crippen molar-refractivity contribution in [1.29, 1.82) is 5.26 Å². The Bertz CT molecular complexity index is 379. The first-order valence-electron chi connectivity index (χ1n) is 7.41. The zero-order valence-electron chi connectivity index (χ0n) is 12.3. The molecule has 0 aromatic heterocycles. The number of carbonyl (C=O) groups excluding carboxylic acids is 1. The molecule has 0 aromatic rings. The zero-order chi connectivity index (χ0) is 14.0. The first-order chi connectivity index (χ1) is 8.94.